The van der Waals surface area contributed by atoms with Crippen LogP contribution in [0.15, 0.2) is 18.3 Å². The molecular formula is C15H26N4. The lowest BCUT2D eigenvalue weighted by molar-refractivity contribution is 0.209. The summed E-state index contributed by atoms with van der Waals surface area (Å²) in [6, 6.07) is 4.97. The van der Waals surface area contributed by atoms with Crippen LogP contribution in [0.4, 0.5) is 5.82 Å². The number of pyridine rings is 1. The van der Waals surface area contributed by atoms with Crippen LogP contribution in [0.5, 0.6) is 0 Å². The predicted octanol–water partition coefficient (Wildman–Crippen LogP) is 1.50. The first-order valence-electron chi connectivity index (χ1n) is 7.26. The van der Waals surface area contributed by atoms with E-state index in [-0.39, 0.29) is 6.04 Å². The van der Waals surface area contributed by atoms with E-state index in [0.29, 0.717) is 6.04 Å². The summed E-state index contributed by atoms with van der Waals surface area (Å²) in [6.45, 7) is 10.9. The highest BCUT2D eigenvalue weighted by Crippen LogP contribution is 2.20. The molecule has 1 fully saturated rings. The lowest BCUT2D eigenvalue weighted by Gasteiger charge is -2.38. The number of nitrogens with zero attached hydrogens (tertiary/aromatic N) is 3. The lowest BCUT2D eigenvalue weighted by Crippen LogP contribution is -2.49. The number of hydrogen-bond donors (Lipinski definition) is 1. The summed E-state index contributed by atoms with van der Waals surface area (Å²) in [5, 5.41) is 0. The number of anilines is 1. The number of hydrogen-bond acceptors (Lipinski definition) is 4. The van der Waals surface area contributed by atoms with Gasteiger partial charge in [0.05, 0.1) is 0 Å². The molecule has 1 aromatic rings. The molecule has 1 aromatic heterocycles. The molecule has 1 aliphatic rings. The van der Waals surface area contributed by atoms with Gasteiger partial charge in [-0.1, -0.05) is 6.07 Å². The number of aromatic nitrogens is 1. The zero-order chi connectivity index (χ0) is 13.8. The SMILES string of the molecule is CC(N)Cc1cccnc1N1CCN(C(C)C)CC1. The van der Waals surface area contributed by atoms with E-state index < -0.39 is 0 Å². The molecule has 1 aliphatic heterocycles. The molecule has 0 saturated carbocycles. The van der Waals surface area contributed by atoms with E-state index >= 15 is 0 Å². The van der Waals surface area contributed by atoms with E-state index in [1.54, 1.807) is 0 Å². The Morgan fingerprint density at radius 3 is 2.47 bits per heavy atom. The Kier molecular flexibility index (Phi) is 4.77. The average Bonchev–Trinajstić information content (AvgIpc) is 2.39. The van der Waals surface area contributed by atoms with Crippen molar-refractivity contribution in [2.75, 3.05) is 31.1 Å². The first kappa shape index (κ1) is 14.3. The highest BCUT2D eigenvalue weighted by Gasteiger charge is 2.21. The fraction of sp³-hybridized carbons (Fsp3) is 0.667. The maximum Gasteiger partial charge on any atom is 0.131 e. The van der Waals surface area contributed by atoms with Crippen LogP contribution in [-0.2, 0) is 6.42 Å². The topological polar surface area (TPSA) is 45.4 Å². The molecule has 4 heteroatoms. The Morgan fingerprint density at radius 1 is 1.21 bits per heavy atom. The smallest absolute Gasteiger partial charge is 0.131 e. The zero-order valence-corrected chi connectivity index (χ0v) is 12.3. The molecule has 0 aromatic carbocycles. The highest BCUT2D eigenvalue weighted by molar-refractivity contribution is 5.47. The van der Waals surface area contributed by atoms with Gasteiger partial charge in [0.15, 0.2) is 0 Å². The molecule has 0 radical (unpaired) electrons. The number of nitrogens with two attached hydrogens (primary N) is 1. The highest BCUT2D eigenvalue weighted by atomic mass is 15.3. The molecule has 1 atom stereocenters. The van der Waals surface area contributed by atoms with Crippen LogP contribution in [0.25, 0.3) is 0 Å². The minimum atomic E-state index is 0.180. The fourth-order valence-corrected chi connectivity index (χ4v) is 2.67. The summed E-state index contributed by atoms with van der Waals surface area (Å²) >= 11 is 0. The van der Waals surface area contributed by atoms with Crippen LogP contribution in [-0.4, -0.2) is 48.1 Å². The van der Waals surface area contributed by atoms with E-state index in [1.807, 2.05) is 19.2 Å². The second kappa shape index (κ2) is 6.35. The van der Waals surface area contributed by atoms with Crippen molar-refractivity contribution in [2.45, 2.75) is 39.3 Å². The summed E-state index contributed by atoms with van der Waals surface area (Å²) < 4.78 is 0. The second-order valence-electron chi connectivity index (χ2n) is 5.78. The molecule has 4 nitrogen and oxygen atoms in total. The van der Waals surface area contributed by atoms with Crippen LogP contribution in [0, 0.1) is 0 Å². The molecule has 0 aliphatic carbocycles. The van der Waals surface area contributed by atoms with Gasteiger partial charge in [-0.15, -0.1) is 0 Å². The average molecular weight is 262 g/mol. The van der Waals surface area contributed by atoms with Crippen molar-refractivity contribution in [2.24, 2.45) is 5.73 Å². The van der Waals surface area contributed by atoms with E-state index in [2.05, 4.69) is 34.7 Å². The van der Waals surface area contributed by atoms with Crippen molar-refractivity contribution in [3.8, 4) is 0 Å². The van der Waals surface area contributed by atoms with Crippen LogP contribution in [0.1, 0.15) is 26.3 Å². The second-order valence-corrected chi connectivity index (χ2v) is 5.78. The van der Waals surface area contributed by atoms with Gasteiger partial charge in [-0.25, -0.2) is 4.98 Å². The van der Waals surface area contributed by atoms with Gasteiger partial charge in [0.2, 0.25) is 0 Å². The summed E-state index contributed by atoms with van der Waals surface area (Å²) in [4.78, 5) is 9.50. The van der Waals surface area contributed by atoms with Gasteiger partial charge in [-0.05, 0) is 38.8 Å². The first-order valence-corrected chi connectivity index (χ1v) is 7.26. The summed E-state index contributed by atoms with van der Waals surface area (Å²) in [7, 11) is 0. The van der Waals surface area contributed by atoms with Crippen LogP contribution in [0.2, 0.25) is 0 Å². The van der Waals surface area contributed by atoms with Gasteiger partial charge in [0.25, 0.3) is 0 Å². The maximum atomic E-state index is 5.93. The Balaban J connectivity index is 2.06. The van der Waals surface area contributed by atoms with Crippen LogP contribution < -0.4 is 10.6 Å². The van der Waals surface area contributed by atoms with Crippen molar-refractivity contribution in [3.63, 3.8) is 0 Å². The fourth-order valence-electron chi connectivity index (χ4n) is 2.67. The Bertz CT molecular complexity index is 395. The van der Waals surface area contributed by atoms with Crippen molar-refractivity contribution >= 4 is 5.82 Å². The monoisotopic (exact) mass is 262 g/mol. The van der Waals surface area contributed by atoms with Gasteiger partial charge >= 0.3 is 0 Å². The minimum absolute atomic E-state index is 0.180. The Labute approximate surface area is 116 Å². The summed E-state index contributed by atoms with van der Waals surface area (Å²) in [6.07, 6.45) is 2.78. The van der Waals surface area contributed by atoms with Crippen molar-refractivity contribution in [3.05, 3.63) is 23.9 Å². The van der Waals surface area contributed by atoms with E-state index in [0.717, 1.165) is 38.4 Å². The molecule has 106 valence electrons. The van der Waals surface area contributed by atoms with Gasteiger partial charge in [-0.2, -0.15) is 0 Å². The van der Waals surface area contributed by atoms with Crippen molar-refractivity contribution < 1.29 is 0 Å². The van der Waals surface area contributed by atoms with E-state index in [9.17, 15) is 0 Å². The quantitative estimate of drug-likeness (QED) is 0.893. The molecule has 0 amide bonds. The summed E-state index contributed by atoms with van der Waals surface area (Å²) in [5.41, 5.74) is 7.20. The standard InChI is InChI=1S/C15H26N4/c1-12(2)18-7-9-19(10-8-18)15-14(11-13(3)16)5-4-6-17-15/h4-6,12-13H,7-11,16H2,1-3H3. The Hall–Kier alpha value is -1.13. The normalized spacial score (nSPS) is 18.9. The third-order valence-electron chi connectivity index (χ3n) is 3.75. The third kappa shape index (κ3) is 3.67. The molecule has 2 N–H and O–H groups in total. The lowest BCUT2D eigenvalue weighted by atomic mass is 10.1. The van der Waals surface area contributed by atoms with E-state index in [4.69, 9.17) is 5.73 Å². The largest absolute Gasteiger partial charge is 0.354 e. The Morgan fingerprint density at radius 2 is 1.89 bits per heavy atom. The maximum absolute atomic E-state index is 5.93. The minimum Gasteiger partial charge on any atom is -0.354 e. The molecule has 2 heterocycles. The first-order chi connectivity index (χ1) is 9.08. The van der Waals surface area contributed by atoms with Crippen LogP contribution >= 0.6 is 0 Å². The molecule has 2 rings (SSSR count). The van der Waals surface area contributed by atoms with Crippen LogP contribution in [0.3, 0.4) is 0 Å². The predicted molar refractivity (Wildman–Crippen MR) is 80.5 cm³/mol. The van der Waals surface area contributed by atoms with Gasteiger partial charge in [0.1, 0.15) is 5.82 Å². The third-order valence-corrected chi connectivity index (χ3v) is 3.75. The van der Waals surface area contributed by atoms with Gasteiger partial charge in [0, 0.05) is 44.5 Å². The molecule has 0 spiro atoms. The molecule has 19 heavy (non-hydrogen) atoms. The zero-order valence-electron chi connectivity index (χ0n) is 12.3. The molecule has 1 unspecified atom stereocenters. The van der Waals surface area contributed by atoms with E-state index in [1.165, 1.54) is 5.56 Å². The summed E-state index contributed by atoms with van der Waals surface area (Å²) in [5.74, 6) is 1.13. The van der Waals surface area contributed by atoms with Crippen molar-refractivity contribution in [1.82, 2.24) is 9.88 Å². The molecule has 0 bridgehead atoms. The molecule has 1 saturated heterocycles. The number of rotatable bonds is 4. The van der Waals surface area contributed by atoms with Gasteiger partial charge < -0.3 is 10.6 Å². The number of piperazine rings is 1. The van der Waals surface area contributed by atoms with Crippen molar-refractivity contribution in [1.29, 1.82) is 0 Å². The molecular weight excluding hydrogens is 236 g/mol. The van der Waals surface area contributed by atoms with Gasteiger partial charge in [-0.3, -0.25) is 4.90 Å².